The molecule has 1 atom stereocenters. The van der Waals surface area contributed by atoms with Gasteiger partial charge in [-0.1, -0.05) is 96.6 Å². The van der Waals surface area contributed by atoms with Gasteiger partial charge in [-0.25, -0.2) is 0 Å². The molecule has 0 rings (SSSR count). The van der Waals surface area contributed by atoms with Gasteiger partial charge in [-0.15, -0.1) is 0 Å². The van der Waals surface area contributed by atoms with Gasteiger partial charge in [-0.05, 0) is 38.5 Å². The smallest absolute Gasteiger partial charge is 0.306 e. The highest BCUT2D eigenvalue weighted by atomic mass is 16.4. The molecule has 0 radical (unpaired) electrons. The van der Waals surface area contributed by atoms with Gasteiger partial charge in [-0.2, -0.15) is 0 Å². The number of allylic oxidation sites excluding steroid dienone is 2. The molecule has 0 aliphatic rings. The quantitative estimate of drug-likeness (QED) is 0.189. The Morgan fingerprint density at radius 1 is 0.680 bits per heavy atom. The third-order valence-corrected chi connectivity index (χ3v) is 5.07. The number of unbranched alkanes of at least 4 members (excludes halogenated alkanes) is 12. The van der Waals surface area contributed by atoms with Crippen LogP contribution in [0, 0.1) is 5.92 Å². The number of aliphatic carboxylic acids is 1. The lowest BCUT2D eigenvalue weighted by Crippen LogP contribution is -2.13. The summed E-state index contributed by atoms with van der Waals surface area (Å²) in [6, 6.07) is 0. The maximum absolute atomic E-state index is 11.2. The Hall–Kier alpha value is -0.790. The van der Waals surface area contributed by atoms with E-state index in [2.05, 4.69) is 26.0 Å². The summed E-state index contributed by atoms with van der Waals surface area (Å²) < 4.78 is 0. The Labute approximate surface area is 157 Å². The van der Waals surface area contributed by atoms with Gasteiger partial charge in [0, 0.05) is 0 Å². The van der Waals surface area contributed by atoms with Gasteiger partial charge in [0.05, 0.1) is 5.92 Å². The van der Waals surface area contributed by atoms with Crippen LogP contribution in [0.15, 0.2) is 12.2 Å². The first-order valence-electron chi connectivity index (χ1n) is 11.1. The van der Waals surface area contributed by atoms with Crippen molar-refractivity contribution in [2.75, 3.05) is 0 Å². The lowest BCUT2D eigenvalue weighted by molar-refractivity contribution is -0.142. The molecule has 1 unspecified atom stereocenters. The van der Waals surface area contributed by atoms with Crippen molar-refractivity contribution in [3.8, 4) is 0 Å². The second-order valence-electron chi connectivity index (χ2n) is 7.55. The number of hydrogen-bond donors (Lipinski definition) is 1. The Morgan fingerprint density at radius 3 is 1.60 bits per heavy atom. The molecule has 0 aromatic heterocycles. The monoisotopic (exact) mass is 352 g/mol. The van der Waals surface area contributed by atoms with E-state index in [0.717, 1.165) is 32.1 Å². The summed E-state index contributed by atoms with van der Waals surface area (Å²) in [6.45, 7) is 4.43. The number of hydrogen-bond acceptors (Lipinski definition) is 1. The molecule has 0 bridgehead atoms. The first kappa shape index (κ1) is 24.2. The summed E-state index contributed by atoms with van der Waals surface area (Å²) in [7, 11) is 0. The minimum absolute atomic E-state index is 0.108. The van der Waals surface area contributed by atoms with E-state index in [-0.39, 0.29) is 5.92 Å². The van der Waals surface area contributed by atoms with Gasteiger partial charge in [0.15, 0.2) is 0 Å². The largest absolute Gasteiger partial charge is 0.481 e. The summed E-state index contributed by atoms with van der Waals surface area (Å²) in [5, 5.41) is 9.27. The molecule has 0 saturated carbocycles. The van der Waals surface area contributed by atoms with Gasteiger partial charge in [0.25, 0.3) is 0 Å². The SMILES string of the molecule is CCCCCCCCC=CCCCCCCC(CCCCC)C(=O)O. The number of carbonyl (C=O) groups is 1. The molecule has 2 heteroatoms. The standard InChI is InChI=1S/C23H44O2/c1-3-5-7-8-9-10-11-12-13-14-15-16-17-19-21-22(23(24)25)20-18-6-4-2/h12-13,22H,3-11,14-21H2,1-2H3,(H,24,25). The topological polar surface area (TPSA) is 37.3 Å². The zero-order chi connectivity index (χ0) is 18.6. The van der Waals surface area contributed by atoms with Gasteiger partial charge in [0.2, 0.25) is 0 Å². The summed E-state index contributed by atoms with van der Waals surface area (Å²) in [5.74, 6) is -0.697. The molecule has 0 aliphatic heterocycles. The number of rotatable bonds is 19. The first-order valence-corrected chi connectivity index (χ1v) is 11.1. The van der Waals surface area contributed by atoms with Crippen LogP contribution in [0.2, 0.25) is 0 Å². The van der Waals surface area contributed by atoms with Crippen LogP contribution in [0.5, 0.6) is 0 Å². The molecule has 2 nitrogen and oxygen atoms in total. The van der Waals surface area contributed by atoms with Crippen molar-refractivity contribution in [2.45, 2.75) is 123 Å². The second-order valence-corrected chi connectivity index (χ2v) is 7.55. The highest BCUT2D eigenvalue weighted by molar-refractivity contribution is 5.69. The average molecular weight is 353 g/mol. The fourth-order valence-electron chi connectivity index (χ4n) is 3.32. The predicted molar refractivity (Wildman–Crippen MR) is 110 cm³/mol. The van der Waals surface area contributed by atoms with Crippen LogP contribution in [-0.2, 0) is 4.79 Å². The Balaban J connectivity index is 3.41. The van der Waals surface area contributed by atoms with E-state index in [1.165, 1.54) is 77.0 Å². The van der Waals surface area contributed by atoms with E-state index in [4.69, 9.17) is 0 Å². The minimum atomic E-state index is -0.589. The van der Waals surface area contributed by atoms with Crippen molar-refractivity contribution in [3.05, 3.63) is 12.2 Å². The van der Waals surface area contributed by atoms with Gasteiger partial charge in [0.1, 0.15) is 0 Å². The lowest BCUT2D eigenvalue weighted by Gasteiger charge is -2.11. The molecule has 0 heterocycles. The zero-order valence-corrected chi connectivity index (χ0v) is 17.1. The predicted octanol–water partition coefficient (Wildman–Crippen LogP) is 7.91. The maximum atomic E-state index is 11.2. The van der Waals surface area contributed by atoms with E-state index >= 15 is 0 Å². The summed E-state index contributed by atoms with van der Waals surface area (Å²) in [6.07, 6.45) is 25.3. The molecular weight excluding hydrogens is 308 g/mol. The second kappa shape index (κ2) is 19.5. The van der Waals surface area contributed by atoms with Crippen LogP contribution >= 0.6 is 0 Å². The summed E-state index contributed by atoms with van der Waals surface area (Å²) >= 11 is 0. The molecule has 0 aromatic rings. The van der Waals surface area contributed by atoms with E-state index in [0.29, 0.717) is 0 Å². The molecule has 0 spiro atoms. The molecule has 0 amide bonds. The average Bonchev–Trinajstić information content (AvgIpc) is 2.60. The fourth-order valence-corrected chi connectivity index (χ4v) is 3.32. The van der Waals surface area contributed by atoms with Gasteiger partial charge >= 0.3 is 5.97 Å². The molecule has 148 valence electrons. The summed E-state index contributed by atoms with van der Waals surface area (Å²) in [4.78, 5) is 11.2. The number of carboxylic acids is 1. The Kier molecular flexibility index (Phi) is 18.9. The van der Waals surface area contributed by atoms with Crippen LogP contribution in [0.4, 0.5) is 0 Å². The van der Waals surface area contributed by atoms with Crippen LogP contribution in [0.3, 0.4) is 0 Å². The van der Waals surface area contributed by atoms with E-state index in [1.807, 2.05) is 0 Å². The van der Waals surface area contributed by atoms with Crippen molar-refractivity contribution < 1.29 is 9.90 Å². The highest BCUT2D eigenvalue weighted by Crippen LogP contribution is 2.18. The molecular formula is C23H44O2. The lowest BCUT2D eigenvalue weighted by atomic mass is 9.95. The van der Waals surface area contributed by atoms with Crippen LogP contribution in [0.1, 0.15) is 123 Å². The van der Waals surface area contributed by atoms with Crippen LogP contribution in [0.25, 0.3) is 0 Å². The van der Waals surface area contributed by atoms with Gasteiger partial charge < -0.3 is 5.11 Å². The summed E-state index contributed by atoms with van der Waals surface area (Å²) in [5.41, 5.74) is 0. The minimum Gasteiger partial charge on any atom is -0.481 e. The third kappa shape index (κ3) is 17.8. The maximum Gasteiger partial charge on any atom is 0.306 e. The van der Waals surface area contributed by atoms with Crippen molar-refractivity contribution >= 4 is 5.97 Å². The first-order chi connectivity index (χ1) is 12.2. The fraction of sp³-hybridized carbons (Fsp3) is 0.870. The molecule has 1 N–H and O–H groups in total. The van der Waals surface area contributed by atoms with Crippen molar-refractivity contribution in [2.24, 2.45) is 5.92 Å². The van der Waals surface area contributed by atoms with Crippen molar-refractivity contribution in [1.29, 1.82) is 0 Å². The molecule has 25 heavy (non-hydrogen) atoms. The van der Waals surface area contributed by atoms with E-state index < -0.39 is 5.97 Å². The molecule has 0 aliphatic carbocycles. The van der Waals surface area contributed by atoms with E-state index in [9.17, 15) is 9.90 Å². The molecule has 0 fully saturated rings. The molecule has 0 aromatic carbocycles. The highest BCUT2D eigenvalue weighted by Gasteiger charge is 2.15. The van der Waals surface area contributed by atoms with Crippen LogP contribution < -0.4 is 0 Å². The molecule has 0 saturated heterocycles. The van der Waals surface area contributed by atoms with Crippen molar-refractivity contribution in [1.82, 2.24) is 0 Å². The zero-order valence-electron chi connectivity index (χ0n) is 17.1. The van der Waals surface area contributed by atoms with Gasteiger partial charge in [-0.3, -0.25) is 4.79 Å². The van der Waals surface area contributed by atoms with E-state index in [1.54, 1.807) is 0 Å². The Bertz CT molecular complexity index is 309. The third-order valence-electron chi connectivity index (χ3n) is 5.07. The van der Waals surface area contributed by atoms with Crippen LogP contribution in [-0.4, -0.2) is 11.1 Å². The number of carboxylic acid groups (broad SMARTS) is 1. The normalized spacial score (nSPS) is 12.7. The Morgan fingerprint density at radius 2 is 1.08 bits per heavy atom. The van der Waals surface area contributed by atoms with Crippen molar-refractivity contribution in [3.63, 3.8) is 0 Å².